The number of amides is 1. The zero-order chi connectivity index (χ0) is 21.5. The molecule has 2 atom stereocenters. The molecular weight excluding hydrogens is 432 g/mol. The molecular formula is C24H27ClN2O3S. The third-order valence-electron chi connectivity index (χ3n) is 7.02. The zero-order valence-electron chi connectivity index (χ0n) is 17.4. The highest BCUT2D eigenvalue weighted by molar-refractivity contribution is 7.09. The molecule has 1 aromatic carbocycles. The van der Waals surface area contributed by atoms with Crippen LogP contribution in [-0.2, 0) is 33.9 Å². The first kappa shape index (κ1) is 21.0. The second-order valence-corrected chi connectivity index (χ2v) is 11.4. The third-order valence-corrected chi connectivity index (χ3v) is 8.36. The Hall–Kier alpha value is -1.92. The van der Waals surface area contributed by atoms with Crippen molar-refractivity contribution in [1.29, 1.82) is 0 Å². The zero-order valence-corrected chi connectivity index (χ0v) is 19.0. The monoisotopic (exact) mass is 458 g/mol. The summed E-state index contributed by atoms with van der Waals surface area (Å²) in [5.41, 5.74) is 1.36. The molecule has 0 aliphatic heterocycles. The molecule has 31 heavy (non-hydrogen) atoms. The minimum absolute atomic E-state index is 0.0669. The lowest BCUT2D eigenvalue weighted by Crippen LogP contribution is -2.56. The summed E-state index contributed by atoms with van der Waals surface area (Å²) >= 11 is 8.27. The maximum Gasteiger partial charge on any atom is 0.312 e. The van der Waals surface area contributed by atoms with E-state index >= 15 is 0 Å². The van der Waals surface area contributed by atoms with Gasteiger partial charge in [0.15, 0.2) is 0 Å². The molecule has 5 nitrogen and oxygen atoms in total. The Bertz CT molecular complexity index is 962. The molecule has 4 aliphatic rings. The topological polar surface area (TPSA) is 68.3 Å². The number of carbonyl (C=O) groups is 2. The average Bonchev–Trinajstić information content (AvgIpc) is 3.16. The Balaban J connectivity index is 1.13. The molecule has 2 aromatic rings. The second kappa shape index (κ2) is 8.21. The van der Waals surface area contributed by atoms with E-state index in [0.29, 0.717) is 24.1 Å². The lowest BCUT2D eigenvalue weighted by Gasteiger charge is -2.58. The van der Waals surface area contributed by atoms with Crippen molar-refractivity contribution in [2.75, 3.05) is 0 Å². The summed E-state index contributed by atoms with van der Waals surface area (Å²) in [6.07, 6.45) is 6.11. The van der Waals surface area contributed by atoms with Crippen molar-refractivity contribution in [1.82, 2.24) is 10.3 Å². The Morgan fingerprint density at radius 2 is 1.90 bits per heavy atom. The molecule has 6 rings (SSSR count). The normalized spacial score (nSPS) is 30.9. The van der Waals surface area contributed by atoms with Crippen LogP contribution >= 0.6 is 22.9 Å². The molecule has 4 aliphatic carbocycles. The van der Waals surface area contributed by atoms with E-state index < -0.39 is 5.41 Å². The highest BCUT2D eigenvalue weighted by Gasteiger charge is 2.60. The van der Waals surface area contributed by atoms with Crippen molar-refractivity contribution in [2.45, 2.75) is 63.0 Å². The predicted octanol–water partition coefficient (Wildman–Crippen LogP) is 4.62. The molecule has 7 heteroatoms. The number of thiazole rings is 1. The van der Waals surface area contributed by atoms with Crippen LogP contribution in [0.3, 0.4) is 0 Å². The Morgan fingerprint density at radius 1 is 1.16 bits per heavy atom. The number of rotatable bonds is 7. The number of nitrogens with one attached hydrogen (secondary N) is 1. The summed E-state index contributed by atoms with van der Waals surface area (Å²) in [4.78, 5) is 29.5. The van der Waals surface area contributed by atoms with Gasteiger partial charge in [-0.3, -0.25) is 9.59 Å². The van der Waals surface area contributed by atoms with Gasteiger partial charge in [0.25, 0.3) is 0 Å². The van der Waals surface area contributed by atoms with Crippen molar-refractivity contribution < 1.29 is 14.3 Å². The summed E-state index contributed by atoms with van der Waals surface area (Å²) in [7, 11) is 0. The van der Waals surface area contributed by atoms with Crippen LogP contribution in [0, 0.1) is 17.3 Å². The van der Waals surface area contributed by atoms with Crippen LogP contribution in [0.4, 0.5) is 0 Å². The van der Waals surface area contributed by atoms with Gasteiger partial charge in [0.1, 0.15) is 11.6 Å². The van der Waals surface area contributed by atoms with Gasteiger partial charge in [0, 0.05) is 16.8 Å². The summed E-state index contributed by atoms with van der Waals surface area (Å²) in [6.45, 7) is 0.662. The summed E-state index contributed by atoms with van der Waals surface area (Å²) in [5, 5.41) is 5.51. The van der Waals surface area contributed by atoms with Crippen LogP contribution < -0.4 is 5.32 Å². The summed E-state index contributed by atoms with van der Waals surface area (Å²) in [5.74, 6) is 0.947. The van der Waals surface area contributed by atoms with Gasteiger partial charge in [0.05, 0.1) is 17.5 Å². The number of halogens is 1. The predicted molar refractivity (Wildman–Crippen MR) is 120 cm³/mol. The van der Waals surface area contributed by atoms with Gasteiger partial charge in [0.2, 0.25) is 5.91 Å². The minimum atomic E-state index is -0.401. The van der Waals surface area contributed by atoms with Gasteiger partial charge in [-0.05, 0) is 55.9 Å². The van der Waals surface area contributed by atoms with E-state index in [1.807, 2.05) is 35.7 Å². The summed E-state index contributed by atoms with van der Waals surface area (Å²) < 4.78 is 5.73. The first-order chi connectivity index (χ1) is 14.9. The quantitative estimate of drug-likeness (QED) is 0.485. The highest BCUT2D eigenvalue weighted by atomic mass is 35.5. The fraction of sp³-hybridized carbons (Fsp3) is 0.542. The maximum atomic E-state index is 13.0. The van der Waals surface area contributed by atoms with Gasteiger partial charge in [-0.2, -0.15) is 0 Å². The van der Waals surface area contributed by atoms with E-state index in [9.17, 15) is 9.59 Å². The van der Waals surface area contributed by atoms with Crippen LogP contribution in [-0.4, -0.2) is 21.7 Å². The van der Waals surface area contributed by atoms with Crippen LogP contribution in [0.2, 0.25) is 0 Å². The Kier molecular flexibility index (Phi) is 5.55. The average molecular weight is 459 g/mol. The van der Waals surface area contributed by atoms with Crippen molar-refractivity contribution in [3.63, 3.8) is 0 Å². The SMILES string of the molecule is O=C(Cc1nc(COC(=O)C23CC4CC(CC(Cl)(C4)C2)C3)cs1)NCc1ccccc1. The van der Waals surface area contributed by atoms with Crippen LogP contribution in [0.15, 0.2) is 35.7 Å². The third kappa shape index (κ3) is 4.51. The smallest absolute Gasteiger partial charge is 0.312 e. The first-order valence-electron chi connectivity index (χ1n) is 11.0. The van der Waals surface area contributed by atoms with E-state index in [-0.39, 0.29) is 29.8 Å². The van der Waals surface area contributed by atoms with E-state index in [4.69, 9.17) is 16.3 Å². The van der Waals surface area contributed by atoms with Gasteiger partial charge < -0.3 is 10.1 Å². The number of alkyl halides is 1. The molecule has 164 valence electrons. The first-order valence-corrected chi connectivity index (χ1v) is 12.3. The van der Waals surface area contributed by atoms with E-state index in [2.05, 4.69) is 10.3 Å². The fourth-order valence-electron chi connectivity index (χ4n) is 6.17. The standard InChI is InChI=1S/C24H27ClN2O3S/c25-24-10-17-6-18(11-24)9-23(8-17,15-24)22(29)30-13-19-14-31-21(27-19)7-20(28)26-12-16-4-2-1-3-5-16/h1-5,14,17-18H,6-13,15H2,(H,26,28). The van der Waals surface area contributed by atoms with Gasteiger partial charge >= 0.3 is 5.97 Å². The number of ether oxygens (including phenoxy) is 1. The van der Waals surface area contributed by atoms with Crippen molar-refractivity contribution in [3.8, 4) is 0 Å². The van der Waals surface area contributed by atoms with Crippen LogP contribution in [0.1, 0.15) is 54.8 Å². The lowest BCUT2D eigenvalue weighted by atomic mass is 9.49. The number of benzene rings is 1. The molecule has 4 saturated carbocycles. The van der Waals surface area contributed by atoms with Gasteiger partial charge in [-0.25, -0.2) is 4.98 Å². The van der Waals surface area contributed by atoms with Crippen LogP contribution in [0.25, 0.3) is 0 Å². The molecule has 4 fully saturated rings. The number of aromatic nitrogens is 1. The van der Waals surface area contributed by atoms with Gasteiger partial charge in [-0.1, -0.05) is 30.3 Å². The number of carbonyl (C=O) groups excluding carboxylic acids is 2. The Labute approximate surface area is 191 Å². The van der Waals surface area contributed by atoms with Crippen LogP contribution in [0.5, 0.6) is 0 Å². The van der Waals surface area contributed by atoms with E-state index in [0.717, 1.165) is 42.7 Å². The molecule has 1 aromatic heterocycles. The molecule has 1 amide bonds. The molecule has 1 N–H and O–H groups in total. The lowest BCUT2D eigenvalue weighted by molar-refractivity contribution is -0.171. The number of hydrogen-bond acceptors (Lipinski definition) is 5. The van der Waals surface area contributed by atoms with Gasteiger partial charge in [-0.15, -0.1) is 22.9 Å². The van der Waals surface area contributed by atoms with Crippen molar-refractivity contribution in [2.24, 2.45) is 17.3 Å². The molecule has 4 bridgehead atoms. The molecule has 0 spiro atoms. The fourth-order valence-corrected chi connectivity index (χ4v) is 7.64. The number of esters is 1. The van der Waals surface area contributed by atoms with E-state index in [1.165, 1.54) is 17.8 Å². The number of hydrogen-bond donors (Lipinski definition) is 1. The highest BCUT2D eigenvalue weighted by Crippen LogP contribution is 2.64. The Morgan fingerprint density at radius 3 is 2.61 bits per heavy atom. The number of nitrogens with zero attached hydrogens (tertiary/aromatic N) is 1. The molecule has 2 unspecified atom stereocenters. The van der Waals surface area contributed by atoms with E-state index in [1.54, 1.807) is 0 Å². The second-order valence-electron chi connectivity index (χ2n) is 9.64. The molecule has 0 saturated heterocycles. The largest absolute Gasteiger partial charge is 0.459 e. The van der Waals surface area contributed by atoms with Crippen molar-refractivity contribution in [3.05, 3.63) is 52.0 Å². The maximum absolute atomic E-state index is 13.0. The van der Waals surface area contributed by atoms with Crippen molar-refractivity contribution >= 4 is 34.8 Å². The summed E-state index contributed by atoms with van der Waals surface area (Å²) in [6, 6.07) is 9.81. The minimum Gasteiger partial charge on any atom is -0.459 e. The molecule has 0 radical (unpaired) electrons. The molecule has 1 heterocycles.